The van der Waals surface area contributed by atoms with Crippen LogP contribution in [-0.4, -0.2) is 17.5 Å². The zero-order valence-corrected chi connectivity index (χ0v) is 13.0. The topological polar surface area (TPSA) is 51.2 Å². The Morgan fingerprint density at radius 2 is 1.71 bits per heavy atom. The standard InChI is InChI=1S/C20H16N2O2/c23-20(15-9-5-2-6-10-15)22-19-18-16(11-12-24-18)17(13-21-19)14-7-3-1-4-8-14/h1-10,13H,11-12H2,(H,21,22,23). The zero-order chi connectivity index (χ0) is 16.4. The molecule has 0 saturated carbocycles. The molecule has 1 aliphatic rings. The lowest BCUT2D eigenvalue weighted by molar-refractivity contribution is 0.102. The molecule has 24 heavy (non-hydrogen) atoms. The maximum absolute atomic E-state index is 12.4. The van der Waals surface area contributed by atoms with Gasteiger partial charge in [0.25, 0.3) is 5.91 Å². The van der Waals surface area contributed by atoms with Crippen LogP contribution >= 0.6 is 0 Å². The minimum atomic E-state index is -0.187. The van der Waals surface area contributed by atoms with Crippen molar-refractivity contribution >= 4 is 11.7 Å². The first-order valence-electron chi connectivity index (χ1n) is 7.89. The van der Waals surface area contributed by atoms with Crippen LogP contribution in [0.5, 0.6) is 5.75 Å². The summed E-state index contributed by atoms with van der Waals surface area (Å²) < 4.78 is 5.75. The van der Waals surface area contributed by atoms with Gasteiger partial charge in [0.15, 0.2) is 11.6 Å². The molecule has 3 aromatic rings. The van der Waals surface area contributed by atoms with Crippen molar-refractivity contribution in [3.63, 3.8) is 0 Å². The molecule has 0 saturated heterocycles. The summed E-state index contributed by atoms with van der Waals surface area (Å²) in [6.45, 7) is 0.606. The predicted octanol–water partition coefficient (Wildman–Crippen LogP) is 3.94. The summed E-state index contributed by atoms with van der Waals surface area (Å²) in [5.74, 6) is 0.977. The Labute approximate surface area is 140 Å². The number of pyridine rings is 1. The molecule has 2 heterocycles. The highest BCUT2D eigenvalue weighted by molar-refractivity contribution is 6.04. The van der Waals surface area contributed by atoms with E-state index in [4.69, 9.17) is 4.74 Å². The molecule has 4 nitrogen and oxygen atoms in total. The monoisotopic (exact) mass is 316 g/mol. The summed E-state index contributed by atoms with van der Waals surface area (Å²) in [5.41, 5.74) is 3.85. The maximum Gasteiger partial charge on any atom is 0.256 e. The van der Waals surface area contributed by atoms with Gasteiger partial charge in [-0.2, -0.15) is 0 Å². The first-order chi connectivity index (χ1) is 11.8. The van der Waals surface area contributed by atoms with Gasteiger partial charge in [0.05, 0.1) is 6.61 Å². The van der Waals surface area contributed by atoms with Crippen molar-refractivity contribution in [2.75, 3.05) is 11.9 Å². The van der Waals surface area contributed by atoms with Crippen LogP contribution in [0.1, 0.15) is 15.9 Å². The van der Waals surface area contributed by atoms with E-state index in [2.05, 4.69) is 22.4 Å². The van der Waals surface area contributed by atoms with Crippen LogP contribution < -0.4 is 10.1 Å². The molecule has 1 amide bonds. The van der Waals surface area contributed by atoms with Crippen LogP contribution in [-0.2, 0) is 6.42 Å². The van der Waals surface area contributed by atoms with Gasteiger partial charge in [0.1, 0.15) is 0 Å². The quantitative estimate of drug-likeness (QED) is 0.796. The minimum absolute atomic E-state index is 0.187. The van der Waals surface area contributed by atoms with Gasteiger partial charge >= 0.3 is 0 Å². The third-order valence-corrected chi connectivity index (χ3v) is 4.09. The summed E-state index contributed by atoms with van der Waals surface area (Å²) >= 11 is 0. The van der Waals surface area contributed by atoms with Crippen LogP contribution in [0, 0.1) is 0 Å². The summed E-state index contributed by atoms with van der Waals surface area (Å²) in [7, 11) is 0. The van der Waals surface area contributed by atoms with Gasteiger partial charge in [0, 0.05) is 29.3 Å². The molecule has 1 aromatic heterocycles. The van der Waals surface area contributed by atoms with Crippen molar-refractivity contribution in [2.24, 2.45) is 0 Å². The maximum atomic E-state index is 12.4. The number of ether oxygens (including phenoxy) is 1. The Bertz CT molecular complexity index is 877. The number of nitrogens with zero attached hydrogens (tertiary/aromatic N) is 1. The highest BCUT2D eigenvalue weighted by Crippen LogP contribution is 2.38. The van der Waals surface area contributed by atoms with Crippen molar-refractivity contribution in [1.82, 2.24) is 4.98 Å². The molecule has 1 N–H and O–H groups in total. The van der Waals surface area contributed by atoms with Crippen LogP contribution in [0.3, 0.4) is 0 Å². The number of carbonyl (C=O) groups excluding carboxylic acids is 1. The Morgan fingerprint density at radius 3 is 2.46 bits per heavy atom. The molecule has 0 spiro atoms. The predicted molar refractivity (Wildman–Crippen MR) is 93.3 cm³/mol. The number of nitrogens with one attached hydrogen (secondary N) is 1. The van der Waals surface area contributed by atoms with Gasteiger partial charge in [-0.25, -0.2) is 4.98 Å². The van der Waals surface area contributed by atoms with Crippen LogP contribution in [0.15, 0.2) is 66.9 Å². The first-order valence-corrected chi connectivity index (χ1v) is 7.89. The number of aromatic nitrogens is 1. The number of rotatable bonds is 3. The molecule has 0 unspecified atom stereocenters. The molecule has 118 valence electrons. The van der Waals surface area contributed by atoms with E-state index in [9.17, 15) is 4.79 Å². The van der Waals surface area contributed by atoms with Crippen molar-refractivity contribution in [2.45, 2.75) is 6.42 Å². The lowest BCUT2D eigenvalue weighted by Crippen LogP contribution is -2.13. The van der Waals surface area contributed by atoms with E-state index in [0.717, 1.165) is 23.1 Å². The third-order valence-electron chi connectivity index (χ3n) is 4.09. The summed E-state index contributed by atoms with van der Waals surface area (Å²) in [6.07, 6.45) is 2.62. The molecule has 4 heteroatoms. The highest BCUT2D eigenvalue weighted by atomic mass is 16.5. The Balaban J connectivity index is 1.69. The number of fused-ring (bicyclic) bond motifs is 1. The average Bonchev–Trinajstić information content (AvgIpc) is 3.13. The van der Waals surface area contributed by atoms with E-state index in [0.29, 0.717) is 23.7 Å². The fourth-order valence-electron chi connectivity index (χ4n) is 2.91. The second-order valence-electron chi connectivity index (χ2n) is 5.61. The smallest absolute Gasteiger partial charge is 0.256 e. The summed E-state index contributed by atoms with van der Waals surface area (Å²) in [5, 5.41) is 2.86. The Morgan fingerprint density at radius 1 is 1.00 bits per heavy atom. The second kappa shape index (κ2) is 6.16. The van der Waals surface area contributed by atoms with E-state index in [-0.39, 0.29) is 5.91 Å². The largest absolute Gasteiger partial charge is 0.489 e. The number of hydrogen-bond acceptors (Lipinski definition) is 3. The molecule has 0 atom stereocenters. The normalized spacial score (nSPS) is 12.3. The highest BCUT2D eigenvalue weighted by Gasteiger charge is 2.23. The molecule has 0 radical (unpaired) electrons. The second-order valence-corrected chi connectivity index (χ2v) is 5.61. The lowest BCUT2D eigenvalue weighted by Gasteiger charge is -2.12. The van der Waals surface area contributed by atoms with Crippen molar-refractivity contribution < 1.29 is 9.53 Å². The Hall–Kier alpha value is -3.14. The molecule has 1 aliphatic heterocycles. The van der Waals surface area contributed by atoms with Gasteiger partial charge in [-0.15, -0.1) is 0 Å². The van der Waals surface area contributed by atoms with Crippen molar-refractivity contribution in [3.05, 3.63) is 78.0 Å². The summed E-state index contributed by atoms with van der Waals surface area (Å²) in [6, 6.07) is 19.2. The van der Waals surface area contributed by atoms with Crippen LogP contribution in [0.25, 0.3) is 11.1 Å². The molecule has 4 rings (SSSR count). The lowest BCUT2D eigenvalue weighted by atomic mass is 10.0. The van der Waals surface area contributed by atoms with E-state index >= 15 is 0 Å². The third kappa shape index (κ3) is 2.63. The van der Waals surface area contributed by atoms with E-state index < -0.39 is 0 Å². The molecular formula is C20H16N2O2. The van der Waals surface area contributed by atoms with Gasteiger partial charge in [-0.05, 0) is 17.7 Å². The first kappa shape index (κ1) is 14.5. The van der Waals surface area contributed by atoms with Crippen molar-refractivity contribution in [1.29, 1.82) is 0 Å². The number of anilines is 1. The molecule has 0 bridgehead atoms. The molecule has 0 fully saturated rings. The number of hydrogen-bond donors (Lipinski definition) is 1. The van der Waals surface area contributed by atoms with Gasteiger partial charge < -0.3 is 10.1 Å². The van der Waals surface area contributed by atoms with Crippen molar-refractivity contribution in [3.8, 4) is 16.9 Å². The van der Waals surface area contributed by atoms with Gasteiger partial charge in [-0.3, -0.25) is 4.79 Å². The van der Waals surface area contributed by atoms with E-state index in [1.165, 1.54) is 0 Å². The molecule has 0 aliphatic carbocycles. The fourth-order valence-corrected chi connectivity index (χ4v) is 2.91. The van der Waals surface area contributed by atoms with E-state index in [1.807, 2.05) is 42.6 Å². The van der Waals surface area contributed by atoms with Crippen LogP contribution in [0.4, 0.5) is 5.82 Å². The minimum Gasteiger partial charge on any atom is -0.489 e. The number of benzene rings is 2. The molecular weight excluding hydrogens is 300 g/mol. The molecule has 2 aromatic carbocycles. The number of amides is 1. The summed E-state index contributed by atoms with van der Waals surface area (Å²) in [4.78, 5) is 16.8. The van der Waals surface area contributed by atoms with Gasteiger partial charge in [-0.1, -0.05) is 48.5 Å². The Kier molecular flexibility index (Phi) is 3.71. The average molecular weight is 316 g/mol. The van der Waals surface area contributed by atoms with Crippen LogP contribution in [0.2, 0.25) is 0 Å². The van der Waals surface area contributed by atoms with E-state index in [1.54, 1.807) is 12.1 Å². The zero-order valence-electron chi connectivity index (χ0n) is 13.0. The number of carbonyl (C=O) groups is 1. The van der Waals surface area contributed by atoms with Gasteiger partial charge in [0.2, 0.25) is 0 Å². The fraction of sp³-hybridized carbons (Fsp3) is 0.100. The SMILES string of the molecule is O=C(Nc1ncc(-c2ccccc2)c2c1OCC2)c1ccccc1.